The van der Waals surface area contributed by atoms with Gasteiger partial charge in [-0.15, -0.1) is 0 Å². The van der Waals surface area contributed by atoms with Crippen LogP contribution in [0.25, 0.3) is 5.69 Å². The van der Waals surface area contributed by atoms with Crippen molar-refractivity contribution in [2.75, 3.05) is 7.11 Å². The minimum absolute atomic E-state index is 0.253. The van der Waals surface area contributed by atoms with Crippen LogP contribution in [-0.2, 0) is 6.42 Å². The Balaban J connectivity index is 1.93. The molecule has 2 aromatic carbocycles. The van der Waals surface area contributed by atoms with Gasteiger partial charge in [0, 0.05) is 16.8 Å². The van der Waals surface area contributed by atoms with Gasteiger partial charge in [0.1, 0.15) is 5.75 Å². The zero-order chi connectivity index (χ0) is 23.5. The van der Waals surface area contributed by atoms with E-state index < -0.39 is 5.54 Å². The number of nitrogens with one attached hydrogen (secondary N) is 1. The highest BCUT2D eigenvalue weighted by Gasteiger charge is 2.32. The van der Waals surface area contributed by atoms with Gasteiger partial charge >= 0.3 is 0 Å². The molecule has 0 aliphatic carbocycles. The zero-order valence-electron chi connectivity index (χ0n) is 19.5. The average Bonchev–Trinajstić information content (AvgIpc) is 3.17. The van der Waals surface area contributed by atoms with E-state index in [0.717, 1.165) is 16.9 Å². The van der Waals surface area contributed by atoms with E-state index in [9.17, 15) is 9.59 Å². The first-order valence-electron chi connectivity index (χ1n) is 10.6. The first-order chi connectivity index (χ1) is 15.2. The van der Waals surface area contributed by atoms with Gasteiger partial charge in [-0.25, -0.2) is 9.69 Å². The second-order valence-corrected chi connectivity index (χ2v) is 8.51. The Morgan fingerprint density at radius 1 is 1.09 bits per heavy atom. The molecule has 0 aliphatic rings. The van der Waals surface area contributed by atoms with Gasteiger partial charge in [-0.1, -0.05) is 31.2 Å². The number of methoxy groups -OCH3 is 1. The summed E-state index contributed by atoms with van der Waals surface area (Å²) < 4.78 is 7.12. The SMILES string of the molecule is CCc1c(OC)cccc1C(=O)NN(C(=O)c1cc(C)n(-c2ccccc2)n1)C(C)(C)C. The lowest BCUT2D eigenvalue weighted by atomic mass is 10.0. The van der Waals surface area contributed by atoms with Gasteiger partial charge in [0.25, 0.3) is 11.8 Å². The average molecular weight is 435 g/mol. The van der Waals surface area contributed by atoms with Crippen LogP contribution < -0.4 is 10.2 Å². The molecule has 1 aromatic heterocycles. The summed E-state index contributed by atoms with van der Waals surface area (Å²) in [4.78, 5) is 26.6. The Morgan fingerprint density at radius 3 is 2.38 bits per heavy atom. The molecule has 1 N–H and O–H groups in total. The molecule has 0 radical (unpaired) electrons. The van der Waals surface area contributed by atoms with Gasteiger partial charge in [-0.05, 0) is 64.4 Å². The van der Waals surface area contributed by atoms with Crippen LogP contribution in [0.2, 0.25) is 0 Å². The minimum Gasteiger partial charge on any atom is -0.496 e. The summed E-state index contributed by atoms with van der Waals surface area (Å²) in [5.41, 5.74) is 5.32. The van der Waals surface area contributed by atoms with E-state index in [0.29, 0.717) is 17.7 Å². The van der Waals surface area contributed by atoms with Crippen LogP contribution in [-0.4, -0.2) is 39.3 Å². The Kier molecular flexibility index (Phi) is 6.67. The van der Waals surface area contributed by atoms with Gasteiger partial charge in [0.05, 0.1) is 18.3 Å². The number of ether oxygens (including phenoxy) is 1. The van der Waals surface area contributed by atoms with Crippen LogP contribution in [0.4, 0.5) is 0 Å². The standard InChI is InChI=1S/C25H30N4O3/c1-7-19-20(14-11-15-22(19)32-6)23(30)27-29(25(3,4)5)24(31)21-16-17(2)28(26-21)18-12-9-8-10-13-18/h8-16H,7H2,1-6H3,(H,27,30). The van der Waals surface area contributed by atoms with Crippen LogP contribution in [0.1, 0.15) is 59.8 Å². The normalized spacial score (nSPS) is 11.2. The second-order valence-electron chi connectivity index (χ2n) is 8.51. The largest absolute Gasteiger partial charge is 0.496 e. The Bertz CT molecular complexity index is 1110. The summed E-state index contributed by atoms with van der Waals surface area (Å²) in [6.45, 7) is 9.43. The van der Waals surface area contributed by atoms with Crippen LogP contribution in [0.5, 0.6) is 5.75 Å². The number of rotatable bonds is 5. The van der Waals surface area contributed by atoms with Crippen LogP contribution >= 0.6 is 0 Å². The van der Waals surface area contributed by atoms with Crippen molar-refractivity contribution in [1.29, 1.82) is 0 Å². The number of hydrogen-bond acceptors (Lipinski definition) is 4. The highest BCUT2D eigenvalue weighted by Crippen LogP contribution is 2.24. The Hall–Kier alpha value is -3.61. The Labute approximate surface area is 189 Å². The van der Waals surface area contributed by atoms with Crippen LogP contribution in [0.15, 0.2) is 54.6 Å². The second kappa shape index (κ2) is 9.26. The van der Waals surface area contributed by atoms with Crippen LogP contribution in [0.3, 0.4) is 0 Å². The highest BCUT2D eigenvalue weighted by atomic mass is 16.5. The van der Waals surface area contributed by atoms with Gasteiger partial charge in [0.2, 0.25) is 0 Å². The lowest BCUT2D eigenvalue weighted by Gasteiger charge is -2.35. The van der Waals surface area contributed by atoms with E-state index in [-0.39, 0.29) is 17.5 Å². The van der Waals surface area contributed by atoms with Crippen molar-refractivity contribution in [2.45, 2.75) is 46.6 Å². The molecule has 1 heterocycles. The molecular weight excluding hydrogens is 404 g/mol. The molecular formula is C25H30N4O3. The molecule has 7 heteroatoms. The number of hydrogen-bond donors (Lipinski definition) is 1. The molecule has 0 aliphatic heterocycles. The minimum atomic E-state index is -0.678. The van der Waals surface area contributed by atoms with Gasteiger partial charge in [-0.3, -0.25) is 15.0 Å². The van der Waals surface area contributed by atoms with E-state index in [4.69, 9.17) is 4.74 Å². The molecule has 0 spiro atoms. The molecule has 0 bridgehead atoms. The zero-order valence-corrected chi connectivity index (χ0v) is 19.5. The predicted octanol–water partition coefficient (Wildman–Crippen LogP) is 4.34. The number of aryl methyl sites for hydroxylation is 1. The first kappa shape index (κ1) is 23.1. The molecule has 0 atom stereocenters. The lowest BCUT2D eigenvalue weighted by molar-refractivity contribution is 0.0353. The third-order valence-electron chi connectivity index (χ3n) is 5.15. The Morgan fingerprint density at radius 2 is 1.78 bits per heavy atom. The molecule has 32 heavy (non-hydrogen) atoms. The molecule has 168 valence electrons. The lowest BCUT2D eigenvalue weighted by Crippen LogP contribution is -2.56. The molecule has 0 fully saturated rings. The maximum absolute atomic E-state index is 13.4. The van der Waals surface area contributed by atoms with Crippen molar-refractivity contribution in [3.05, 3.63) is 77.1 Å². The number of amides is 2. The molecule has 7 nitrogen and oxygen atoms in total. The van der Waals surface area contributed by atoms with Gasteiger partial charge in [-0.2, -0.15) is 5.10 Å². The monoisotopic (exact) mass is 434 g/mol. The van der Waals surface area contributed by atoms with Crippen LogP contribution in [0, 0.1) is 6.92 Å². The third kappa shape index (κ3) is 4.66. The molecule has 0 saturated carbocycles. The van der Waals surface area contributed by atoms with Crippen molar-refractivity contribution < 1.29 is 14.3 Å². The fourth-order valence-corrected chi connectivity index (χ4v) is 3.54. The first-order valence-corrected chi connectivity index (χ1v) is 10.6. The van der Waals surface area contributed by atoms with Gasteiger partial charge < -0.3 is 4.74 Å². The van der Waals surface area contributed by atoms with Crippen molar-refractivity contribution in [2.24, 2.45) is 0 Å². The van der Waals surface area contributed by atoms with E-state index in [1.807, 2.05) is 71.0 Å². The van der Waals surface area contributed by atoms with E-state index in [1.165, 1.54) is 5.01 Å². The van der Waals surface area contributed by atoms with Crippen molar-refractivity contribution in [1.82, 2.24) is 20.2 Å². The highest BCUT2D eigenvalue weighted by molar-refractivity contribution is 6.00. The molecule has 3 rings (SSSR count). The van der Waals surface area contributed by atoms with Crippen molar-refractivity contribution in [3.63, 3.8) is 0 Å². The quantitative estimate of drug-likeness (QED) is 0.606. The van der Waals surface area contributed by atoms with E-state index in [2.05, 4.69) is 10.5 Å². The fraction of sp³-hybridized carbons (Fsp3) is 0.320. The van der Waals surface area contributed by atoms with E-state index in [1.54, 1.807) is 30.0 Å². The van der Waals surface area contributed by atoms with Crippen molar-refractivity contribution in [3.8, 4) is 11.4 Å². The number of carbonyl (C=O) groups excluding carboxylic acids is 2. The fourth-order valence-electron chi connectivity index (χ4n) is 3.54. The van der Waals surface area contributed by atoms with Crippen molar-refractivity contribution >= 4 is 11.8 Å². The molecule has 0 unspecified atom stereocenters. The molecule has 3 aromatic rings. The summed E-state index contributed by atoms with van der Waals surface area (Å²) in [7, 11) is 1.58. The summed E-state index contributed by atoms with van der Waals surface area (Å²) in [5.74, 6) is -0.112. The number of hydrazine groups is 1. The number of carbonyl (C=O) groups is 2. The number of nitrogens with zero attached hydrogens (tertiary/aromatic N) is 3. The van der Waals surface area contributed by atoms with Gasteiger partial charge in [0.15, 0.2) is 5.69 Å². The summed E-state index contributed by atoms with van der Waals surface area (Å²) in [6, 6.07) is 16.6. The number of para-hydroxylation sites is 1. The predicted molar refractivity (Wildman–Crippen MR) is 124 cm³/mol. The van der Waals surface area contributed by atoms with E-state index >= 15 is 0 Å². The number of aromatic nitrogens is 2. The topological polar surface area (TPSA) is 76.5 Å². The summed E-state index contributed by atoms with van der Waals surface area (Å²) >= 11 is 0. The summed E-state index contributed by atoms with van der Waals surface area (Å²) in [5, 5.41) is 5.85. The maximum atomic E-state index is 13.4. The smallest absolute Gasteiger partial charge is 0.293 e. The third-order valence-corrected chi connectivity index (χ3v) is 5.15. The molecule has 0 saturated heterocycles. The summed E-state index contributed by atoms with van der Waals surface area (Å²) in [6.07, 6.45) is 0.622. The number of benzene rings is 2. The molecule has 2 amide bonds. The maximum Gasteiger partial charge on any atom is 0.293 e.